The molecule has 0 aliphatic carbocycles. The van der Waals surface area contributed by atoms with Crippen molar-refractivity contribution in [2.75, 3.05) is 6.54 Å². The van der Waals surface area contributed by atoms with Gasteiger partial charge in [-0.25, -0.2) is 0 Å². The van der Waals surface area contributed by atoms with Crippen LogP contribution in [0.5, 0.6) is 0 Å². The summed E-state index contributed by atoms with van der Waals surface area (Å²) in [5, 5.41) is 7.83. The van der Waals surface area contributed by atoms with Crippen molar-refractivity contribution < 1.29 is 0 Å². The largest absolute Gasteiger partial charge is 0.309 e. The van der Waals surface area contributed by atoms with E-state index in [0.717, 1.165) is 19.6 Å². The molecule has 0 atom stereocenters. The van der Waals surface area contributed by atoms with E-state index in [-0.39, 0.29) is 0 Å². The highest BCUT2D eigenvalue weighted by Crippen LogP contribution is 2.35. The van der Waals surface area contributed by atoms with Gasteiger partial charge in [-0.2, -0.15) is 5.10 Å². The van der Waals surface area contributed by atoms with Crippen LogP contribution in [0.25, 0.3) is 10.4 Å². The normalized spacial score (nSPS) is 15.1. The van der Waals surface area contributed by atoms with Gasteiger partial charge in [-0.15, -0.1) is 11.3 Å². The topological polar surface area (TPSA) is 29.9 Å². The summed E-state index contributed by atoms with van der Waals surface area (Å²) in [7, 11) is 0. The van der Waals surface area contributed by atoms with E-state index in [1.54, 1.807) is 0 Å². The van der Waals surface area contributed by atoms with Crippen LogP contribution < -0.4 is 5.32 Å². The van der Waals surface area contributed by atoms with E-state index in [1.165, 1.54) is 25.5 Å². The number of nitrogens with zero attached hydrogens (tertiary/aromatic N) is 2. The third-order valence-electron chi connectivity index (χ3n) is 2.86. The number of fused-ring (bicyclic) bond motifs is 1. The van der Waals surface area contributed by atoms with Gasteiger partial charge in [-0.05, 0) is 28.9 Å². The number of halogens is 1. The van der Waals surface area contributed by atoms with Crippen LogP contribution in [-0.2, 0) is 13.1 Å². The second kappa shape index (κ2) is 3.98. The molecular weight excluding hydrogens is 286 g/mol. The number of thiophene rings is 1. The van der Waals surface area contributed by atoms with E-state index in [2.05, 4.69) is 44.0 Å². The SMILES string of the molecule is Cc1sc(-c2cnn3c2CNCC3)cc1Br. The van der Waals surface area contributed by atoms with Gasteiger partial charge < -0.3 is 5.32 Å². The molecule has 0 aromatic carbocycles. The van der Waals surface area contributed by atoms with Crippen molar-refractivity contribution in [3.63, 3.8) is 0 Å². The highest BCUT2D eigenvalue weighted by molar-refractivity contribution is 9.10. The summed E-state index contributed by atoms with van der Waals surface area (Å²) < 4.78 is 3.30. The first-order valence-electron chi connectivity index (χ1n) is 5.27. The number of aromatic nitrogens is 2. The maximum Gasteiger partial charge on any atom is 0.0609 e. The quantitative estimate of drug-likeness (QED) is 0.877. The van der Waals surface area contributed by atoms with E-state index >= 15 is 0 Å². The zero-order valence-corrected chi connectivity index (χ0v) is 11.4. The Hall–Kier alpha value is -0.650. The van der Waals surface area contributed by atoms with Crippen molar-refractivity contribution in [2.45, 2.75) is 20.0 Å². The smallest absolute Gasteiger partial charge is 0.0609 e. The summed E-state index contributed by atoms with van der Waals surface area (Å²) in [6, 6.07) is 2.19. The van der Waals surface area contributed by atoms with E-state index in [0.29, 0.717) is 0 Å². The fraction of sp³-hybridized carbons (Fsp3) is 0.364. The van der Waals surface area contributed by atoms with Gasteiger partial charge in [0.25, 0.3) is 0 Å². The highest BCUT2D eigenvalue weighted by atomic mass is 79.9. The first-order chi connectivity index (χ1) is 7.75. The third kappa shape index (κ3) is 1.63. The van der Waals surface area contributed by atoms with Gasteiger partial charge in [0, 0.05) is 32.9 Å². The summed E-state index contributed by atoms with van der Waals surface area (Å²) in [6.45, 7) is 5.04. The minimum atomic E-state index is 0.921. The maximum absolute atomic E-state index is 4.44. The van der Waals surface area contributed by atoms with Crippen LogP contribution in [0.4, 0.5) is 0 Å². The predicted molar refractivity (Wildman–Crippen MR) is 69.7 cm³/mol. The van der Waals surface area contributed by atoms with Crippen molar-refractivity contribution in [3.8, 4) is 10.4 Å². The fourth-order valence-electron chi connectivity index (χ4n) is 1.98. The Labute approximate surface area is 107 Å². The Morgan fingerprint density at radius 2 is 2.44 bits per heavy atom. The molecule has 0 fully saturated rings. The molecular formula is C11H12BrN3S. The van der Waals surface area contributed by atoms with Crippen molar-refractivity contribution in [1.29, 1.82) is 0 Å². The molecule has 2 aromatic rings. The predicted octanol–water partition coefficient (Wildman–Crippen LogP) is 2.79. The maximum atomic E-state index is 4.44. The summed E-state index contributed by atoms with van der Waals surface area (Å²) in [5.41, 5.74) is 2.58. The zero-order chi connectivity index (χ0) is 11.1. The number of hydrogen-bond acceptors (Lipinski definition) is 3. The number of hydrogen-bond donors (Lipinski definition) is 1. The van der Waals surface area contributed by atoms with Gasteiger partial charge in [0.2, 0.25) is 0 Å². The molecule has 5 heteroatoms. The van der Waals surface area contributed by atoms with Gasteiger partial charge >= 0.3 is 0 Å². The zero-order valence-electron chi connectivity index (χ0n) is 8.96. The first kappa shape index (κ1) is 10.5. The van der Waals surface area contributed by atoms with Crippen LogP contribution in [-0.4, -0.2) is 16.3 Å². The number of nitrogens with one attached hydrogen (secondary N) is 1. The lowest BCUT2D eigenvalue weighted by Gasteiger charge is -2.15. The van der Waals surface area contributed by atoms with Gasteiger partial charge in [-0.3, -0.25) is 4.68 Å². The van der Waals surface area contributed by atoms with Crippen LogP contribution in [0.2, 0.25) is 0 Å². The Bertz CT molecular complexity index is 510. The molecule has 3 nitrogen and oxygen atoms in total. The van der Waals surface area contributed by atoms with Gasteiger partial charge in [-0.1, -0.05) is 0 Å². The average Bonchev–Trinajstić information content (AvgIpc) is 2.83. The summed E-state index contributed by atoms with van der Waals surface area (Å²) in [5.74, 6) is 0. The van der Waals surface area contributed by atoms with Gasteiger partial charge in [0.15, 0.2) is 0 Å². The van der Waals surface area contributed by atoms with Crippen LogP contribution in [0.1, 0.15) is 10.6 Å². The highest BCUT2D eigenvalue weighted by Gasteiger charge is 2.17. The molecule has 0 saturated heterocycles. The molecule has 1 aliphatic heterocycles. The van der Waals surface area contributed by atoms with Crippen molar-refractivity contribution in [1.82, 2.24) is 15.1 Å². The van der Waals surface area contributed by atoms with Crippen molar-refractivity contribution >= 4 is 27.3 Å². The van der Waals surface area contributed by atoms with Crippen LogP contribution >= 0.6 is 27.3 Å². The molecule has 0 amide bonds. The minimum absolute atomic E-state index is 0.921. The lowest BCUT2D eigenvalue weighted by molar-refractivity contribution is 0.476. The van der Waals surface area contributed by atoms with E-state index in [4.69, 9.17) is 0 Å². The first-order valence-corrected chi connectivity index (χ1v) is 6.88. The lowest BCUT2D eigenvalue weighted by Crippen LogP contribution is -2.28. The summed E-state index contributed by atoms with van der Waals surface area (Å²) >= 11 is 5.38. The Kier molecular flexibility index (Phi) is 2.61. The fourth-order valence-corrected chi connectivity index (χ4v) is 3.55. The molecule has 0 bridgehead atoms. The summed E-state index contributed by atoms with van der Waals surface area (Å²) in [6.07, 6.45) is 1.99. The average molecular weight is 298 g/mol. The van der Waals surface area contributed by atoms with Gasteiger partial charge in [0.05, 0.1) is 18.4 Å². The van der Waals surface area contributed by atoms with E-state index < -0.39 is 0 Å². The standard InChI is InChI=1S/C11H12BrN3S/c1-7-9(12)4-11(16-7)8-5-14-15-3-2-13-6-10(8)15/h4-5,13H,2-3,6H2,1H3. The minimum Gasteiger partial charge on any atom is -0.309 e. The molecule has 0 unspecified atom stereocenters. The molecule has 16 heavy (non-hydrogen) atoms. The number of aryl methyl sites for hydroxylation is 1. The molecule has 3 rings (SSSR count). The van der Waals surface area contributed by atoms with Crippen LogP contribution in [0.15, 0.2) is 16.7 Å². The van der Waals surface area contributed by atoms with Crippen LogP contribution in [0, 0.1) is 6.92 Å². The molecule has 0 spiro atoms. The Balaban J connectivity index is 2.09. The van der Waals surface area contributed by atoms with Crippen LogP contribution in [0.3, 0.4) is 0 Å². The van der Waals surface area contributed by atoms with E-state index in [1.807, 2.05) is 17.5 Å². The number of rotatable bonds is 1. The van der Waals surface area contributed by atoms with Gasteiger partial charge in [0.1, 0.15) is 0 Å². The second-order valence-corrected chi connectivity index (χ2v) is 6.03. The summed E-state index contributed by atoms with van der Waals surface area (Å²) in [4.78, 5) is 2.62. The second-order valence-electron chi connectivity index (χ2n) is 3.92. The molecule has 0 radical (unpaired) electrons. The Morgan fingerprint density at radius 3 is 3.19 bits per heavy atom. The third-order valence-corrected chi connectivity index (χ3v) is 5.03. The van der Waals surface area contributed by atoms with Crippen molar-refractivity contribution in [2.24, 2.45) is 0 Å². The van der Waals surface area contributed by atoms with E-state index in [9.17, 15) is 0 Å². The monoisotopic (exact) mass is 297 g/mol. The molecule has 3 heterocycles. The Morgan fingerprint density at radius 1 is 1.56 bits per heavy atom. The van der Waals surface area contributed by atoms with Crippen molar-refractivity contribution in [3.05, 3.63) is 27.3 Å². The molecule has 84 valence electrons. The molecule has 2 aromatic heterocycles. The lowest BCUT2D eigenvalue weighted by atomic mass is 10.2. The molecule has 1 aliphatic rings. The molecule has 1 N–H and O–H groups in total. The molecule has 0 saturated carbocycles.